The summed E-state index contributed by atoms with van der Waals surface area (Å²) in [5, 5.41) is 15.8. The largest absolute Gasteiger partial charge is 0.351 e. The first-order valence-electron chi connectivity index (χ1n) is 5.58. The summed E-state index contributed by atoms with van der Waals surface area (Å²) in [4.78, 5) is 0. The molecule has 1 aromatic carbocycles. The first-order chi connectivity index (χ1) is 8.83. The molecule has 1 heterocycles. The Morgan fingerprint density at radius 2 is 1.67 bits per heavy atom. The van der Waals surface area contributed by atoms with E-state index in [0.29, 0.717) is 0 Å². The molecule has 0 fully saturated rings. The van der Waals surface area contributed by atoms with Crippen LogP contribution in [0.15, 0.2) is 54.9 Å². The molecule has 0 unspecified atom stereocenters. The van der Waals surface area contributed by atoms with Crippen LogP contribution >= 0.6 is 0 Å². The van der Waals surface area contributed by atoms with E-state index >= 15 is 0 Å². The molecular weight excluding hydrogens is 222 g/mol. The fraction of sp³-hybridized carbons (Fsp3) is 0.0667. The molecule has 0 aliphatic rings. The van der Waals surface area contributed by atoms with Gasteiger partial charge in [0.25, 0.3) is 0 Å². The van der Waals surface area contributed by atoms with Gasteiger partial charge in [-0.15, -0.1) is 4.57 Å². The van der Waals surface area contributed by atoms with Gasteiger partial charge in [0.1, 0.15) is 0 Å². The maximum atomic E-state index is 8.79. The van der Waals surface area contributed by atoms with Gasteiger partial charge in [-0.3, -0.25) is 5.41 Å². The van der Waals surface area contributed by atoms with Crippen molar-refractivity contribution >= 4 is 11.6 Å². The van der Waals surface area contributed by atoms with Crippen molar-refractivity contribution in [2.45, 2.75) is 6.42 Å². The smallest absolute Gasteiger partial charge is 0.252 e. The normalized spacial score (nSPS) is 9.28. The maximum absolute atomic E-state index is 8.79. The fourth-order valence-corrected chi connectivity index (χ4v) is 1.71. The van der Waals surface area contributed by atoms with Crippen LogP contribution in [-0.4, -0.2) is 5.87 Å². The van der Waals surface area contributed by atoms with Gasteiger partial charge in [-0.05, 0) is 17.5 Å². The number of rotatable bonds is 3. The zero-order valence-electron chi connectivity index (χ0n) is 9.80. The third kappa shape index (κ3) is 2.70. The molecule has 86 valence electrons. The van der Waals surface area contributed by atoms with E-state index in [1.807, 2.05) is 36.4 Å². The van der Waals surface area contributed by atoms with Crippen molar-refractivity contribution < 1.29 is 4.57 Å². The van der Waals surface area contributed by atoms with E-state index in [1.165, 1.54) is 11.1 Å². The van der Waals surface area contributed by atoms with E-state index in [0.717, 1.165) is 6.42 Å². The first kappa shape index (κ1) is 11.8. The molecule has 1 N–H and O–H groups in total. The Balaban J connectivity index is 2.19. The van der Waals surface area contributed by atoms with Gasteiger partial charge in [0, 0.05) is 12.1 Å². The minimum absolute atomic E-state index is 0.182. The molecule has 0 aliphatic carbocycles. The van der Waals surface area contributed by atoms with E-state index < -0.39 is 0 Å². The summed E-state index contributed by atoms with van der Waals surface area (Å²) in [5.41, 5.74) is 2.60. The number of nitriles is 1. The van der Waals surface area contributed by atoms with Crippen LogP contribution in [0.4, 0.5) is 0 Å². The van der Waals surface area contributed by atoms with Crippen molar-refractivity contribution in [1.29, 1.82) is 10.7 Å². The minimum atomic E-state index is 0.182. The summed E-state index contributed by atoms with van der Waals surface area (Å²) in [6, 6.07) is 16.0. The zero-order chi connectivity index (χ0) is 12.8. The van der Waals surface area contributed by atoms with Crippen molar-refractivity contribution in [1.82, 2.24) is 0 Å². The van der Waals surface area contributed by atoms with Crippen molar-refractivity contribution in [2.24, 2.45) is 0 Å². The average Bonchev–Trinajstić information content (AvgIpc) is 2.43. The highest BCUT2D eigenvalue weighted by Crippen LogP contribution is 2.07. The maximum Gasteiger partial charge on any atom is 0.351 e. The van der Waals surface area contributed by atoms with Gasteiger partial charge in [-0.2, -0.15) is 5.26 Å². The highest BCUT2D eigenvalue weighted by Gasteiger charge is 2.08. The second-order valence-corrected chi connectivity index (χ2v) is 3.86. The van der Waals surface area contributed by atoms with Crippen LogP contribution in [0.3, 0.4) is 0 Å². The summed E-state index contributed by atoms with van der Waals surface area (Å²) in [7, 11) is 0. The highest BCUT2D eigenvalue weighted by molar-refractivity contribution is 5.80. The predicted octanol–water partition coefficient (Wildman–Crippen LogP) is 2.18. The van der Waals surface area contributed by atoms with Crippen LogP contribution in [0.2, 0.25) is 0 Å². The Morgan fingerprint density at radius 3 is 2.22 bits per heavy atom. The number of hydrogen-bond donors (Lipinski definition) is 1. The molecule has 0 aliphatic heterocycles. The van der Waals surface area contributed by atoms with Crippen LogP contribution in [0.1, 0.15) is 11.1 Å². The SMILES string of the molecule is N#CC(=C=N)[n+]1ccc(Cc2ccccc2)cc1. The second kappa shape index (κ2) is 5.58. The van der Waals surface area contributed by atoms with Gasteiger partial charge in [0.2, 0.25) is 0 Å². The van der Waals surface area contributed by atoms with Gasteiger partial charge < -0.3 is 0 Å². The topological polar surface area (TPSA) is 51.5 Å². The number of nitrogens with one attached hydrogen (secondary N) is 1. The Labute approximate surface area is 106 Å². The lowest BCUT2D eigenvalue weighted by molar-refractivity contribution is -0.576. The number of allylic oxidation sites excluding steroid dienone is 1. The summed E-state index contributed by atoms with van der Waals surface area (Å²) >= 11 is 0. The van der Waals surface area contributed by atoms with Crippen molar-refractivity contribution in [3.8, 4) is 6.07 Å². The minimum Gasteiger partial charge on any atom is -0.252 e. The molecule has 0 amide bonds. The number of nitrogens with zero attached hydrogens (tertiary/aromatic N) is 2. The van der Waals surface area contributed by atoms with Crippen LogP contribution in [0, 0.1) is 16.7 Å². The molecule has 0 radical (unpaired) electrons. The second-order valence-electron chi connectivity index (χ2n) is 3.86. The van der Waals surface area contributed by atoms with Crippen LogP contribution < -0.4 is 4.57 Å². The molecule has 0 spiro atoms. The zero-order valence-corrected chi connectivity index (χ0v) is 9.80. The molecule has 0 atom stereocenters. The molecule has 0 bridgehead atoms. The number of aromatic nitrogens is 1. The van der Waals surface area contributed by atoms with Gasteiger partial charge >= 0.3 is 5.70 Å². The Hall–Kier alpha value is -2.69. The molecule has 0 saturated carbocycles. The molecule has 18 heavy (non-hydrogen) atoms. The molecule has 3 nitrogen and oxygen atoms in total. The predicted molar refractivity (Wildman–Crippen MR) is 68.9 cm³/mol. The van der Waals surface area contributed by atoms with Crippen molar-refractivity contribution in [2.75, 3.05) is 0 Å². The van der Waals surface area contributed by atoms with Gasteiger partial charge in [-0.25, -0.2) is 0 Å². The third-order valence-corrected chi connectivity index (χ3v) is 2.63. The van der Waals surface area contributed by atoms with Gasteiger partial charge in [0.05, 0.1) is 5.87 Å². The van der Waals surface area contributed by atoms with Crippen molar-refractivity contribution in [3.63, 3.8) is 0 Å². The molecule has 0 saturated heterocycles. The first-order valence-corrected chi connectivity index (χ1v) is 5.58. The standard InChI is InChI=1S/C15H12N3/c16-11-15(12-17)18-8-6-14(7-9-18)10-13-4-2-1-3-5-13/h1-9,16H,10H2/q+1. The van der Waals surface area contributed by atoms with E-state index in [4.69, 9.17) is 10.7 Å². The fourth-order valence-electron chi connectivity index (χ4n) is 1.71. The number of pyridine rings is 1. The lowest BCUT2D eigenvalue weighted by atomic mass is 10.1. The van der Waals surface area contributed by atoms with Crippen LogP contribution in [-0.2, 0) is 6.42 Å². The lowest BCUT2D eigenvalue weighted by Crippen LogP contribution is -2.30. The van der Waals surface area contributed by atoms with Crippen molar-refractivity contribution in [3.05, 3.63) is 66.0 Å². The average molecular weight is 234 g/mol. The molecule has 3 heteroatoms. The van der Waals surface area contributed by atoms with E-state index in [1.54, 1.807) is 17.0 Å². The number of benzene rings is 1. The molecule has 1 aromatic heterocycles. The van der Waals surface area contributed by atoms with Crippen LogP contribution in [0.5, 0.6) is 0 Å². The summed E-state index contributed by atoms with van der Waals surface area (Å²) in [6.45, 7) is 0. The molecule has 2 aromatic rings. The lowest BCUT2D eigenvalue weighted by Gasteiger charge is -2.00. The monoisotopic (exact) mass is 234 g/mol. The van der Waals surface area contributed by atoms with Crippen LogP contribution in [0.25, 0.3) is 5.70 Å². The Bertz CT molecular complexity index is 615. The van der Waals surface area contributed by atoms with Gasteiger partial charge in [-0.1, -0.05) is 30.3 Å². The van der Waals surface area contributed by atoms with E-state index in [9.17, 15) is 0 Å². The molecule has 2 rings (SSSR count). The third-order valence-electron chi connectivity index (χ3n) is 2.63. The Morgan fingerprint density at radius 1 is 1.06 bits per heavy atom. The quantitative estimate of drug-likeness (QED) is 0.494. The van der Waals surface area contributed by atoms with Gasteiger partial charge in [0.15, 0.2) is 18.5 Å². The Kier molecular flexibility index (Phi) is 3.66. The highest BCUT2D eigenvalue weighted by atomic mass is 14.9. The molecular formula is C15H12N3+. The summed E-state index contributed by atoms with van der Waals surface area (Å²) < 4.78 is 1.58. The summed E-state index contributed by atoms with van der Waals surface area (Å²) in [6.07, 6.45) is 4.41. The summed E-state index contributed by atoms with van der Waals surface area (Å²) in [5.74, 6) is 2.11. The number of hydrogen-bond acceptors (Lipinski definition) is 2. The van der Waals surface area contributed by atoms with E-state index in [-0.39, 0.29) is 5.70 Å². The van der Waals surface area contributed by atoms with E-state index in [2.05, 4.69) is 18.0 Å².